The molecule has 0 amide bonds. The molecule has 0 radical (unpaired) electrons. The minimum absolute atomic E-state index is 0.169. The Morgan fingerprint density at radius 1 is 0.250 bits per heavy atom. The van der Waals surface area contributed by atoms with Crippen molar-refractivity contribution in [1.29, 1.82) is 0 Å². The molecule has 72 heavy (non-hydrogen) atoms. The maximum absolute atomic E-state index is 12.5. The fourth-order valence-corrected chi connectivity index (χ4v) is 8.88. The molecule has 0 atom stereocenters. The number of hydrogen-bond donors (Lipinski definition) is 0. The van der Waals surface area contributed by atoms with Crippen molar-refractivity contribution in [3.8, 4) is 34.5 Å². The van der Waals surface area contributed by atoms with Gasteiger partial charge >= 0.3 is 0 Å². The van der Waals surface area contributed by atoms with E-state index in [0.29, 0.717) is 73.0 Å². The molecule has 7 rings (SSSR count). The normalized spacial score (nSPS) is 12.1. The molecule has 0 unspecified atom stereocenters. The van der Waals surface area contributed by atoms with Crippen LogP contribution in [0, 0.1) is 0 Å². The van der Waals surface area contributed by atoms with Crippen molar-refractivity contribution in [2.24, 2.45) is 0 Å². The van der Waals surface area contributed by atoms with E-state index in [4.69, 9.17) is 28.4 Å². The molecule has 0 saturated heterocycles. The minimum Gasteiger partial charge on any atom is -0.485 e. The zero-order chi connectivity index (χ0) is 51.3. The quantitative estimate of drug-likeness (QED) is 0.0804. The molecule has 6 aromatic carbocycles. The first-order valence-corrected chi connectivity index (χ1v) is 24.0. The topological polar surface area (TPSA) is 158 Å². The van der Waals surface area contributed by atoms with E-state index in [0.717, 1.165) is 66.8 Å². The van der Waals surface area contributed by atoms with E-state index in [1.54, 1.807) is 0 Å². The van der Waals surface area contributed by atoms with E-state index in [9.17, 15) is 28.8 Å². The van der Waals surface area contributed by atoms with Gasteiger partial charge in [0.25, 0.3) is 0 Å². The van der Waals surface area contributed by atoms with Gasteiger partial charge in [0.2, 0.25) is 0 Å². The van der Waals surface area contributed by atoms with Gasteiger partial charge in [0.15, 0.2) is 34.7 Å². The third kappa shape index (κ3) is 13.7. The van der Waals surface area contributed by atoms with Crippen molar-refractivity contribution < 1.29 is 57.2 Å². The van der Waals surface area contributed by atoms with Crippen LogP contribution in [0.4, 0.5) is 0 Å². The summed E-state index contributed by atoms with van der Waals surface area (Å²) in [7, 11) is 0. The molecule has 12 heteroatoms. The largest absolute Gasteiger partial charge is 0.485 e. The average molecular weight is 973 g/mol. The third-order valence-electron chi connectivity index (χ3n) is 11.9. The summed E-state index contributed by atoms with van der Waals surface area (Å²) in [5.41, 5.74) is 9.13. The molecule has 0 aromatic heterocycles. The number of ether oxygens (including phenoxy) is 6. The fourth-order valence-electron chi connectivity index (χ4n) is 8.88. The third-order valence-corrected chi connectivity index (χ3v) is 11.9. The van der Waals surface area contributed by atoms with E-state index in [1.165, 1.54) is 41.5 Å². The monoisotopic (exact) mass is 972 g/mol. The second-order valence-electron chi connectivity index (χ2n) is 18.4. The van der Waals surface area contributed by atoms with Gasteiger partial charge in [-0.2, -0.15) is 0 Å². The predicted octanol–water partition coefficient (Wildman–Crippen LogP) is 9.35. The molecule has 12 bridgehead atoms. The summed E-state index contributed by atoms with van der Waals surface area (Å²) in [5.74, 6) is 2.00. The highest BCUT2D eigenvalue weighted by molar-refractivity contribution is 5.79. The van der Waals surface area contributed by atoms with Gasteiger partial charge in [-0.15, -0.1) is 0 Å². The van der Waals surface area contributed by atoms with Crippen molar-refractivity contribution in [2.75, 3.05) is 39.6 Å². The number of Topliss-reactive ketones (excluding diaryl/α,β-unsaturated/α-hetero) is 6. The molecule has 0 fully saturated rings. The summed E-state index contributed by atoms with van der Waals surface area (Å²) >= 11 is 0. The summed E-state index contributed by atoms with van der Waals surface area (Å²) in [6.45, 7) is 7.68. The molecule has 1 aliphatic carbocycles. The van der Waals surface area contributed by atoms with Crippen LogP contribution >= 0.6 is 0 Å². The molecule has 0 N–H and O–H groups in total. The van der Waals surface area contributed by atoms with Crippen LogP contribution in [0.2, 0.25) is 0 Å². The number of rotatable bonds is 18. The first-order chi connectivity index (χ1) is 34.6. The van der Waals surface area contributed by atoms with Gasteiger partial charge in [-0.1, -0.05) is 109 Å². The smallest absolute Gasteiger partial charge is 0.167 e. The predicted molar refractivity (Wildman–Crippen MR) is 273 cm³/mol. The summed E-state index contributed by atoms with van der Waals surface area (Å²) in [6.07, 6.45) is 1.76. The lowest BCUT2D eigenvalue weighted by atomic mass is 9.91. The standard InChI is InChI=1S/C60H60O12/c1-37(61)31-67-55-43-13-7-14-44(55)26-46-16-9-18-48(57(46)69-33-39(3)63)28-50-20-11-22-52(59(50)71-35-41(5)65)30-54-24-12-23-53(60(54)72-36-42(6)66)29-51-21-10-19-49(58(51)70-34-40(4)64)27-47-17-8-15-45(25-43)56(47)68-32-38(2)62/h7-24H,25-36H2,1-6H3. The fraction of sp³-hybridized carbons (Fsp3) is 0.300. The first-order valence-electron chi connectivity index (χ1n) is 24.0. The van der Waals surface area contributed by atoms with E-state index >= 15 is 0 Å². The Kier molecular flexibility index (Phi) is 17.6. The maximum atomic E-state index is 12.5. The number of para-hydroxylation sites is 6. The number of carbonyl (C=O) groups is 6. The number of benzene rings is 6. The Morgan fingerprint density at radius 2 is 0.361 bits per heavy atom. The second-order valence-corrected chi connectivity index (χ2v) is 18.4. The van der Waals surface area contributed by atoms with Crippen molar-refractivity contribution in [1.82, 2.24) is 0 Å². The molecule has 12 nitrogen and oxygen atoms in total. The molecular weight excluding hydrogens is 913 g/mol. The molecule has 6 aromatic rings. The Labute approximate surface area is 420 Å². The molecule has 372 valence electrons. The van der Waals surface area contributed by atoms with Crippen LogP contribution in [-0.4, -0.2) is 74.3 Å². The van der Waals surface area contributed by atoms with Gasteiger partial charge in [-0.25, -0.2) is 0 Å². The average Bonchev–Trinajstić information content (AvgIpc) is 3.32. The molecule has 0 heterocycles. The lowest BCUT2D eigenvalue weighted by Crippen LogP contribution is -2.14. The van der Waals surface area contributed by atoms with Crippen LogP contribution in [0.3, 0.4) is 0 Å². The van der Waals surface area contributed by atoms with Gasteiger partial charge in [-0.3, -0.25) is 28.8 Å². The number of ketones is 6. The summed E-state index contributed by atoms with van der Waals surface area (Å²) in [5, 5.41) is 0. The summed E-state index contributed by atoms with van der Waals surface area (Å²) < 4.78 is 38.4. The Hall–Kier alpha value is -7.86. The highest BCUT2D eigenvalue weighted by Crippen LogP contribution is 2.40. The molecule has 1 aliphatic rings. The number of hydrogen-bond acceptors (Lipinski definition) is 12. The lowest BCUT2D eigenvalue weighted by Gasteiger charge is -2.22. The van der Waals surface area contributed by atoms with E-state index in [1.807, 2.05) is 109 Å². The highest BCUT2D eigenvalue weighted by Gasteiger charge is 2.24. The Balaban J connectivity index is 1.49. The first kappa shape index (κ1) is 52.0. The zero-order valence-electron chi connectivity index (χ0n) is 41.8. The maximum Gasteiger partial charge on any atom is 0.167 e. The zero-order valence-corrected chi connectivity index (χ0v) is 41.8. The van der Waals surface area contributed by atoms with Crippen LogP contribution in [-0.2, 0) is 67.3 Å². The van der Waals surface area contributed by atoms with Crippen LogP contribution in [0.15, 0.2) is 109 Å². The molecular formula is C60H60O12. The second kappa shape index (κ2) is 24.3. The van der Waals surface area contributed by atoms with Gasteiger partial charge in [-0.05, 0) is 108 Å². The van der Waals surface area contributed by atoms with Crippen LogP contribution in [0.1, 0.15) is 108 Å². The number of carbonyl (C=O) groups excluding carboxylic acids is 6. The summed E-state index contributed by atoms with van der Waals surface area (Å²) in [4.78, 5) is 75.3. The minimum atomic E-state index is -0.182. The molecule has 0 saturated carbocycles. The van der Waals surface area contributed by atoms with Crippen LogP contribution in [0.25, 0.3) is 0 Å². The van der Waals surface area contributed by atoms with Crippen molar-refractivity contribution in [2.45, 2.75) is 80.1 Å². The van der Waals surface area contributed by atoms with Crippen LogP contribution in [0.5, 0.6) is 34.5 Å². The van der Waals surface area contributed by atoms with Crippen molar-refractivity contribution in [3.63, 3.8) is 0 Å². The van der Waals surface area contributed by atoms with Gasteiger partial charge in [0, 0.05) is 38.5 Å². The highest BCUT2D eigenvalue weighted by atomic mass is 16.5. The van der Waals surface area contributed by atoms with E-state index < -0.39 is 0 Å². The van der Waals surface area contributed by atoms with E-state index in [2.05, 4.69) is 0 Å². The molecule has 0 aliphatic heterocycles. The molecule has 0 spiro atoms. The van der Waals surface area contributed by atoms with Crippen LogP contribution < -0.4 is 28.4 Å². The summed E-state index contributed by atoms with van der Waals surface area (Å²) in [6, 6.07) is 34.8. The van der Waals surface area contributed by atoms with Crippen molar-refractivity contribution >= 4 is 34.7 Å². The van der Waals surface area contributed by atoms with Gasteiger partial charge in [0.05, 0.1) is 0 Å². The van der Waals surface area contributed by atoms with E-state index in [-0.39, 0.29) is 74.3 Å². The Bertz CT molecular complexity index is 2370. The van der Waals surface area contributed by atoms with Crippen molar-refractivity contribution in [3.05, 3.63) is 176 Å². The van der Waals surface area contributed by atoms with Gasteiger partial charge < -0.3 is 28.4 Å². The SMILES string of the molecule is CC(=O)COc1c2cccc1Cc1cccc(c1OCC(C)=O)Cc1cccc(c1OCC(C)=O)Cc1cccc(c1OCC(C)=O)Cc1cccc(c1OCC(C)=O)Cc1cccc(c1OCC(C)=O)C2. The number of fused-ring (bicyclic) bond motifs is 12. The lowest BCUT2D eigenvalue weighted by molar-refractivity contribution is -0.119. The van der Waals surface area contributed by atoms with Gasteiger partial charge in [0.1, 0.15) is 74.1 Å². The Morgan fingerprint density at radius 3 is 0.458 bits per heavy atom.